The zero-order chi connectivity index (χ0) is 19.8. The van der Waals surface area contributed by atoms with Gasteiger partial charge in [-0.15, -0.1) is 0 Å². The van der Waals surface area contributed by atoms with Gasteiger partial charge in [0, 0.05) is 17.1 Å². The van der Waals surface area contributed by atoms with E-state index in [9.17, 15) is 14.4 Å². The Kier molecular flexibility index (Phi) is 7.68. The van der Waals surface area contributed by atoms with Gasteiger partial charge in [-0.1, -0.05) is 18.2 Å². The van der Waals surface area contributed by atoms with Gasteiger partial charge in [0.15, 0.2) is 0 Å². The van der Waals surface area contributed by atoms with Crippen molar-refractivity contribution in [3.63, 3.8) is 0 Å². The van der Waals surface area contributed by atoms with E-state index in [1.807, 2.05) is 36.7 Å². The van der Waals surface area contributed by atoms with Gasteiger partial charge in [-0.3, -0.25) is 9.59 Å². The number of benzene rings is 1. The van der Waals surface area contributed by atoms with Gasteiger partial charge in [-0.2, -0.15) is 11.8 Å². The summed E-state index contributed by atoms with van der Waals surface area (Å²) in [6.07, 6.45) is 4.31. The van der Waals surface area contributed by atoms with Crippen LogP contribution in [-0.4, -0.2) is 58.5 Å². The zero-order valence-electron chi connectivity index (χ0n) is 15.0. The maximum Gasteiger partial charge on any atom is 0.326 e. The third-order valence-corrected chi connectivity index (χ3v) is 4.76. The van der Waals surface area contributed by atoms with Crippen molar-refractivity contribution in [2.45, 2.75) is 24.9 Å². The molecule has 6 N–H and O–H groups in total. The largest absolute Gasteiger partial charge is 0.480 e. The molecular formula is C18H24N4O4S. The molecule has 8 nitrogen and oxygen atoms in total. The molecule has 1 aromatic heterocycles. The number of carboxylic acid groups (broad SMARTS) is 1. The molecule has 2 amide bonds. The average Bonchev–Trinajstić information content (AvgIpc) is 3.05. The number of nitrogens with one attached hydrogen (secondary N) is 3. The lowest BCUT2D eigenvalue weighted by Gasteiger charge is -2.15. The number of nitrogens with two attached hydrogens (primary N) is 1. The molecule has 0 fully saturated rings. The Morgan fingerprint density at radius 2 is 2.04 bits per heavy atom. The van der Waals surface area contributed by atoms with E-state index in [1.54, 1.807) is 0 Å². The summed E-state index contributed by atoms with van der Waals surface area (Å²) >= 11 is 1.50. The van der Waals surface area contributed by atoms with Crippen molar-refractivity contribution >= 4 is 40.4 Å². The number of hydrogen-bond acceptors (Lipinski definition) is 5. The minimum absolute atomic E-state index is 0.316. The van der Waals surface area contributed by atoms with Crippen LogP contribution in [0.4, 0.5) is 0 Å². The molecule has 2 aromatic rings. The highest BCUT2D eigenvalue weighted by atomic mass is 32.2. The molecule has 0 unspecified atom stereocenters. The standard InChI is InChI=1S/C18H24N4O4S/c1-27-7-6-15(18(25)26)22-16(23)10-21-17(24)13(19)8-11-9-20-14-5-3-2-4-12(11)14/h2-5,9,13,15,20H,6-8,10,19H2,1H3,(H,21,24)(H,22,23)(H,25,26)/t13-,15-/m0/s1. The zero-order valence-corrected chi connectivity index (χ0v) is 15.8. The quantitative estimate of drug-likeness (QED) is 0.399. The van der Waals surface area contributed by atoms with E-state index in [0.29, 0.717) is 18.6 Å². The maximum absolute atomic E-state index is 12.2. The SMILES string of the molecule is CSCC[C@H](NC(=O)CNC(=O)[C@@H](N)Cc1c[nH]c2ccccc12)C(=O)O. The second-order valence-corrected chi connectivity index (χ2v) is 7.11. The lowest BCUT2D eigenvalue weighted by atomic mass is 10.1. The van der Waals surface area contributed by atoms with Crippen LogP contribution in [0.3, 0.4) is 0 Å². The summed E-state index contributed by atoms with van der Waals surface area (Å²) in [6, 6.07) is 5.92. The van der Waals surface area contributed by atoms with Crippen LogP contribution in [0.1, 0.15) is 12.0 Å². The van der Waals surface area contributed by atoms with Crippen molar-refractivity contribution < 1.29 is 19.5 Å². The van der Waals surface area contributed by atoms with Crippen molar-refractivity contribution in [1.29, 1.82) is 0 Å². The van der Waals surface area contributed by atoms with E-state index in [4.69, 9.17) is 10.8 Å². The maximum atomic E-state index is 12.2. The minimum Gasteiger partial charge on any atom is -0.480 e. The minimum atomic E-state index is -1.10. The summed E-state index contributed by atoms with van der Waals surface area (Å²) in [6.45, 7) is -0.316. The first-order valence-electron chi connectivity index (χ1n) is 8.51. The molecule has 0 saturated carbocycles. The smallest absolute Gasteiger partial charge is 0.326 e. The lowest BCUT2D eigenvalue weighted by Crippen LogP contribution is -2.49. The van der Waals surface area contributed by atoms with E-state index in [-0.39, 0.29) is 6.54 Å². The second kappa shape index (κ2) is 9.98. The molecule has 0 spiro atoms. The van der Waals surface area contributed by atoms with Gasteiger partial charge >= 0.3 is 5.97 Å². The summed E-state index contributed by atoms with van der Waals surface area (Å²) < 4.78 is 0. The van der Waals surface area contributed by atoms with Crippen molar-refractivity contribution in [2.75, 3.05) is 18.6 Å². The van der Waals surface area contributed by atoms with E-state index in [2.05, 4.69) is 15.6 Å². The number of hydrogen-bond donors (Lipinski definition) is 5. The Labute approximate surface area is 161 Å². The van der Waals surface area contributed by atoms with E-state index in [0.717, 1.165) is 16.5 Å². The highest BCUT2D eigenvalue weighted by Gasteiger charge is 2.21. The molecule has 1 aromatic carbocycles. The van der Waals surface area contributed by atoms with Crippen molar-refractivity contribution in [2.24, 2.45) is 5.73 Å². The van der Waals surface area contributed by atoms with Crippen LogP contribution in [-0.2, 0) is 20.8 Å². The molecule has 27 heavy (non-hydrogen) atoms. The fourth-order valence-corrected chi connectivity index (χ4v) is 3.14. The van der Waals surface area contributed by atoms with Crippen molar-refractivity contribution in [3.8, 4) is 0 Å². The molecule has 0 aliphatic carbocycles. The van der Waals surface area contributed by atoms with Crippen molar-refractivity contribution in [3.05, 3.63) is 36.0 Å². The van der Waals surface area contributed by atoms with Gasteiger partial charge in [0.2, 0.25) is 11.8 Å². The summed E-state index contributed by atoms with van der Waals surface area (Å²) in [5, 5.41) is 15.0. The number of amides is 2. The molecule has 0 bridgehead atoms. The second-order valence-electron chi connectivity index (χ2n) is 6.13. The first-order chi connectivity index (χ1) is 12.9. The third-order valence-electron chi connectivity index (χ3n) is 4.12. The number of rotatable bonds is 10. The average molecular weight is 392 g/mol. The number of para-hydroxylation sites is 1. The number of fused-ring (bicyclic) bond motifs is 1. The number of carbonyl (C=O) groups is 3. The fourth-order valence-electron chi connectivity index (χ4n) is 2.67. The van der Waals surface area contributed by atoms with Gasteiger partial charge in [-0.05, 0) is 36.5 Å². The Morgan fingerprint density at radius 1 is 1.30 bits per heavy atom. The lowest BCUT2D eigenvalue weighted by molar-refractivity contribution is -0.141. The van der Waals surface area contributed by atoms with Gasteiger partial charge in [0.25, 0.3) is 0 Å². The summed E-state index contributed by atoms with van der Waals surface area (Å²) in [7, 11) is 0. The molecule has 0 radical (unpaired) electrons. The number of H-pyrrole nitrogens is 1. The number of aliphatic carboxylic acids is 1. The highest BCUT2D eigenvalue weighted by molar-refractivity contribution is 7.98. The van der Waals surface area contributed by atoms with Gasteiger partial charge in [-0.25, -0.2) is 4.79 Å². The van der Waals surface area contributed by atoms with E-state index in [1.165, 1.54) is 11.8 Å². The normalized spacial score (nSPS) is 13.1. The number of carbonyl (C=O) groups excluding carboxylic acids is 2. The van der Waals surface area contributed by atoms with Crippen LogP contribution in [0.2, 0.25) is 0 Å². The number of carboxylic acids is 1. The molecule has 1 heterocycles. The summed E-state index contributed by atoms with van der Waals surface area (Å²) in [5.74, 6) is -1.51. The van der Waals surface area contributed by atoms with Crippen LogP contribution < -0.4 is 16.4 Å². The van der Waals surface area contributed by atoms with Crippen LogP contribution in [0, 0.1) is 0 Å². The Bertz CT molecular complexity index is 808. The van der Waals surface area contributed by atoms with E-state index < -0.39 is 29.9 Å². The third kappa shape index (κ3) is 6.00. The van der Waals surface area contributed by atoms with Crippen molar-refractivity contribution in [1.82, 2.24) is 15.6 Å². The van der Waals surface area contributed by atoms with Gasteiger partial charge < -0.3 is 26.5 Å². The number of aromatic amines is 1. The molecule has 0 aliphatic rings. The fraction of sp³-hybridized carbons (Fsp3) is 0.389. The van der Waals surface area contributed by atoms with Crippen LogP contribution in [0.5, 0.6) is 0 Å². The topological polar surface area (TPSA) is 137 Å². The highest BCUT2D eigenvalue weighted by Crippen LogP contribution is 2.18. The van der Waals surface area contributed by atoms with Crippen LogP contribution in [0.25, 0.3) is 10.9 Å². The first-order valence-corrected chi connectivity index (χ1v) is 9.91. The predicted molar refractivity (Wildman–Crippen MR) is 106 cm³/mol. The number of thioether (sulfide) groups is 1. The Hall–Kier alpha value is -2.52. The van der Waals surface area contributed by atoms with Crippen LogP contribution in [0.15, 0.2) is 30.5 Å². The van der Waals surface area contributed by atoms with E-state index >= 15 is 0 Å². The molecular weight excluding hydrogens is 368 g/mol. The summed E-state index contributed by atoms with van der Waals surface area (Å²) in [5.41, 5.74) is 7.83. The summed E-state index contributed by atoms with van der Waals surface area (Å²) in [4.78, 5) is 38.3. The monoisotopic (exact) mass is 392 g/mol. The molecule has 2 rings (SSSR count). The molecule has 0 aliphatic heterocycles. The first kappa shape index (κ1) is 20.8. The predicted octanol–water partition coefficient (Wildman–Crippen LogP) is 0.476. The molecule has 2 atom stereocenters. The Balaban J connectivity index is 1.83. The Morgan fingerprint density at radius 3 is 2.74 bits per heavy atom. The van der Waals surface area contributed by atoms with Gasteiger partial charge in [0.1, 0.15) is 6.04 Å². The molecule has 0 saturated heterocycles. The number of aromatic nitrogens is 1. The molecule has 9 heteroatoms. The molecule has 146 valence electrons. The van der Waals surface area contributed by atoms with Gasteiger partial charge in [0.05, 0.1) is 12.6 Å². The van der Waals surface area contributed by atoms with Crippen LogP contribution >= 0.6 is 11.8 Å².